The molecule has 0 saturated heterocycles. The predicted molar refractivity (Wildman–Crippen MR) is 70.7 cm³/mol. The monoisotopic (exact) mass is 262 g/mol. The number of anilines is 2. The van der Waals surface area contributed by atoms with Crippen LogP contribution in [0, 0.1) is 4.91 Å². The van der Waals surface area contributed by atoms with Gasteiger partial charge in [-0.15, -0.1) is 4.91 Å². The van der Waals surface area contributed by atoms with Gasteiger partial charge in [-0.1, -0.05) is 18.2 Å². The lowest BCUT2D eigenvalue weighted by Crippen LogP contribution is -1.93. The summed E-state index contributed by atoms with van der Waals surface area (Å²) in [6.45, 7) is 0. The van der Waals surface area contributed by atoms with Crippen LogP contribution in [-0.2, 0) is 11.1 Å². The van der Waals surface area contributed by atoms with Gasteiger partial charge in [0, 0.05) is 5.69 Å². The van der Waals surface area contributed by atoms with Gasteiger partial charge in [0.25, 0.3) is 0 Å². The highest BCUT2D eigenvalue weighted by Crippen LogP contribution is 2.29. The quantitative estimate of drug-likeness (QED) is 0.653. The van der Waals surface area contributed by atoms with E-state index in [1.165, 1.54) is 12.1 Å². The van der Waals surface area contributed by atoms with Crippen molar-refractivity contribution in [1.82, 2.24) is 0 Å². The van der Waals surface area contributed by atoms with Crippen LogP contribution in [0.1, 0.15) is 0 Å². The zero-order valence-corrected chi connectivity index (χ0v) is 10.1. The van der Waals surface area contributed by atoms with Crippen molar-refractivity contribution in [2.75, 3.05) is 5.32 Å². The van der Waals surface area contributed by atoms with Crippen molar-refractivity contribution in [2.45, 2.75) is 4.90 Å². The number of rotatable bonds is 4. The Labute approximate surface area is 106 Å². The maximum Gasteiger partial charge on any atom is 0.186 e. The average Bonchev–Trinajstić information content (AvgIpc) is 2.40. The molecule has 2 N–H and O–H groups in total. The molecule has 92 valence electrons. The van der Waals surface area contributed by atoms with Crippen LogP contribution < -0.4 is 5.32 Å². The summed E-state index contributed by atoms with van der Waals surface area (Å²) < 4.78 is 19.8. The summed E-state index contributed by atoms with van der Waals surface area (Å²) in [7, 11) is 0. The number of hydrogen-bond donors (Lipinski definition) is 2. The summed E-state index contributed by atoms with van der Waals surface area (Å²) in [6.07, 6.45) is 0. The molecule has 0 aromatic heterocycles. The Balaban J connectivity index is 2.34. The van der Waals surface area contributed by atoms with Gasteiger partial charge >= 0.3 is 0 Å². The van der Waals surface area contributed by atoms with Gasteiger partial charge in [0.2, 0.25) is 0 Å². The second-order valence-corrected chi connectivity index (χ2v) is 4.48. The first-order valence-corrected chi connectivity index (χ1v) is 6.21. The minimum Gasteiger partial charge on any atom is -0.354 e. The van der Waals surface area contributed by atoms with Gasteiger partial charge in [0.1, 0.15) is 5.69 Å². The summed E-state index contributed by atoms with van der Waals surface area (Å²) in [5.41, 5.74) is 1.39. The Morgan fingerprint density at radius 1 is 1.11 bits per heavy atom. The summed E-state index contributed by atoms with van der Waals surface area (Å²) in [5, 5.41) is 5.87. The summed E-state index contributed by atoms with van der Waals surface area (Å²) in [4.78, 5) is 10.9. The third-order valence-corrected chi connectivity index (χ3v) is 2.98. The molecule has 0 aliphatic carbocycles. The van der Waals surface area contributed by atoms with Gasteiger partial charge in [-0.2, -0.15) is 0 Å². The number of nitroso groups, excluding NO2 is 1. The molecule has 1 unspecified atom stereocenters. The van der Waals surface area contributed by atoms with E-state index in [0.717, 1.165) is 5.69 Å². The smallest absolute Gasteiger partial charge is 0.186 e. The minimum atomic E-state index is -2.12. The van der Waals surface area contributed by atoms with Crippen LogP contribution in [0.3, 0.4) is 0 Å². The molecule has 0 bridgehead atoms. The van der Waals surface area contributed by atoms with Gasteiger partial charge in [-0.05, 0) is 35.5 Å². The molecule has 0 saturated carbocycles. The molecular formula is C12H10N2O3S. The second kappa shape index (κ2) is 5.52. The molecule has 0 aliphatic rings. The lowest BCUT2D eigenvalue weighted by molar-refractivity contribution is 0.564. The first kappa shape index (κ1) is 12.4. The zero-order valence-electron chi connectivity index (χ0n) is 9.24. The van der Waals surface area contributed by atoms with Crippen LogP contribution in [0.2, 0.25) is 0 Å². The number of para-hydroxylation sites is 1. The lowest BCUT2D eigenvalue weighted by atomic mass is 10.2. The topological polar surface area (TPSA) is 78.8 Å². The van der Waals surface area contributed by atoms with E-state index in [0.29, 0.717) is 5.69 Å². The van der Waals surface area contributed by atoms with E-state index in [2.05, 4.69) is 10.5 Å². The van der Waals surface area contributed by atoms with Gasteiger partial charge in [0.15, 0.2) is 11.1 Å². The van der Waals surface area contributed by atoms with E-state index in [-0.39, 0.29) is 10.6 Å². The van der Waals surface area contributed by atoms with Crippen molar-refractivity contribution in [1.29, 1.82) is 0 Å². The zero-order chi connectivity index (χ0) is 13.0. The molecule has 2 aromatic rings. The fourth-order valence-corrected chi connectivity index (χ4v) is 1.88. The molecule has 6 heteroatoms. The Kier molecular flexibility index (Phi) is 3.81. The molecule has 0 aliphatic heterocycles. The number of nitrogens with zero attached hydrogens (tertiary/aromatic N) is 1. The van der Waals surface area contributed by atoms with E-state index in [1.807, 2.05) is 30.3 Å². The molecule has 5 nitrogen and oxygen atoms in total. The molecular weight excluding hydrogens is 252 g/mol. The van der Waals surface area contributed by atoms with Crippen LogP contribution >= 0.6 is 0 Å². The minimum absolute atomic E-state index is 0.0961. The lowest BCUT2D eigenvalue weighted by Gasteiger charge is -2.08. The van der Waals surface area contributed by atoms with Gasteiger partial charge in [-0.25, -0.2) is 4.21 Å². The van der Waals surface area contributed by atoms with Crippen LogP contribution in [0.4, 0.5) is 17.1 Å². The fourth-order valence-electron chi connectivity index (χ4n) is 1.48. The SMILES string of the molecule is O=Nc1cc(S(=O)O)ccc1Nc1ccccc1. The van der Waals surface area contributed by atoms with E-state index < -0.39 is 11.1 Å². The standard InChI is InChI=1S/C12H10N2O3S/c15-14-12-8-10(18(16)17)6-7-11(12)13-9-4-2-1-3-5-9/h1-8,13H,(H,16,17). The Hall–Kier alpha value is -2.05. The number of hydrogen-bond acceptors (Lipinski definition) is 4. The van der Waals surface area contributed by atoms with Crippen LogP contribution in [0.25, 0.3) is 0 Å². The first-order valence-electron chi connectivity index (χ1n) is 5.11. The Morgan fingerprint density at radius 3 is 2.44 bits per heavy atom. The summed E-state index contributed by atoms with van der Waals surface area (Å²) in [5.74, 6) is 0. The van der Waals surface area contributed by atoms with Crippen molar-refractivity contribution < 1.29 is 8.76 Å². The normalized spacial score (nSPS) is 11.8. The highest BCUT2D eigenvalue weighted by atomic mass is 32.2. The third kappa shape index (κ3) is 2.79. The van der Waals surface area contributed by atoms with Gasteiger partial charge < -0.3 is 9.87 Å². The molecule has 2 rings (SSSR count). The van der Waals surface area contributed by atoms with E-state index in [1.54, 1.807) is 6.07 Å². The molecule has 0 spiro atoms. The van der Waals surface area contributed by atoms with Crippen molar-refractivity contribution >= 4 is 28.1 Å². The van der Waals surface area contributed by atoms with Crippen LogP contribution in [0.15, 0.2) is 58.6 Å². The summed E-state index contributed by atoms with van der Waals surface area (Å²) >= 11 is -2.12. The second-order valence-electron chi connectivity index (χ2n) is 3.51. The molecule has 0 heterocycles. The van der Waals surface area contributed by atoms with Crippen LogP contribution in [0.5, 0.6) is 0 Å². The Bertz CT molecular complexity index is 587. The number of nitrogens with one attached hydrogen (secondary N) is 1. The molecule has 1 atom stereocenters. The molecule has 0 fully saturated rings. The van der Waals surface area contributed by atoms with E-state index >= 15 is 0 Å². The molecule has 0 amide bonds. The highest BCUT2D eigenvalue weighted by molar-refractivity contribution is 7.79. The highest BCUT2D eigenvalue weighted by Gasteiger charge is 2.07. The molecule has 18 heavy (non-hydrogen) atoms. The first-order chi connectivity index (χ1) is 8.70. The van der Waals surface area contributed by atoms with E-state index in [4.69, 9.17) is 4.55 Å². The van der Waals surface area contributed by atoms with Crippen LogP contribution in [-0.4, -0.2) is 8.76 Å². The van der Waals surface area contributed by atoms with Gasteiger partial charge in [0.05, 0.1) is 10.6 Å². The largest absolute Gasteiger partial charge is 0.354 e. The maximum absolute atomic E-state index is 10.9. The van der Waals surface area contributed by atoms with Crippen molar-refractivity contribution in [3.05, 3.63) is 53.4 Å². The third-order valence-electron chi connectivity index (χ3n) is 2.32. The maximum atomic E-state index is 10.9. The fraction of sp³-hybridized carbons (Fsp3) is 0. The molecule has 2 aromatic carbocycles. The van der Waals surface area contributed by atoms with Crippen molar-refractivity contribution in [2.24, 2.45) is 5.18 Å². The van der Waals surface area contributed by atoms with Crippen molar-refractivity contribution in [3.63, 3.8) is 0 Å². The summed E-state index contributed by atoms with van der Waals surface area (Å²) in [6, 6.07) is 13.6. The average molecular weight is 262 g/mol. The predicted octanol–water partition coefficient (Wildman–Crippen LogP) is 3.41. The number of benzene rings is 2. The van der Waals surface area contributed by atoms with Gasteiger partial charge in [-0.3, -0.25) is 0 Å². The van der Waals surface area contributed by atoms with Crippen molar-refractivity contribution in [3.8, 4) is 0 Å². The Morgan fingerprint density at radius 2 is 1.83 bits per heavy atom. The van der Waals surface area contributed by atoms with E-state index in [9.17, 15) is 9.12 Å². The molecule has 0 radical (unpaired) electrons.